The second-order valence-corrected chi connectivity index (χ2v) is 5.62. The van der Waals surface area contributed by atoms with Gasteiger partial charge < -0.3 is 10.1 Å². The zero-order valence-electron chi connectivity index (χ0n) is 11.4. The number of esters is 1. The Balaban J connectivity index is 1.75. The van der Waals surface area contributed by atoms with E-state index in [0.29, 0.717) is 17.4 Å². The van der Waals surface area contributed by atoms with Crippen LogP contribution in [-0.4, -0.2) is 30.0 Å². The molecule has 2 aliphatic rings. The van der Waals surface area contributed by atoms with Crippen LogP contribution in [0.2, 0.25) is 0 Å². The molecule has 20 heavy (non-hydrogen) atoms. The fourth-order valence-electron chi connectivity index (χ4n) is 3.71. The molecule has 4 unspecified atom stereocenters. The lowest BCUT2D eigenvalue weighted by Gasteiger charge is -2.29. The van der Waals surface area contributed by atoms with E-state index in [4.69, 9.17) is 4.74 Å². The highest BCUT2D eigenvalue weighted by atomic mass is 16.5. The van der Waals surface area contributed by atoms with Gasteiger partial charge in [-0.3, -0.25) is 14.6 Å². The Morgan fingerprint density at radius 3 is 2.85 bits per heavy atom. The third-order valence-corrected chi connectivity index (χ3v) is 4.61. The molecule has 106 valence electrons. The summed E-state index contributed by atoms with van der Waals surface area (Å²) in [5.74, 6) is 0.189. The normalized spacial score (nSPS) is 31.1. The van der Waals surface area contributed by atoms with E-state index in [1.54, 1.807) is 18.3 Å². The lowest BCUT2D eigenvalue weighted by atomic mass is 9.84. The van der Waals surface area contributed by atoms with Crippen molar-refractivity contribution in [3.8, 4) is 0 Å². The van der Waals surface area contributed by atoms with E-state index >= 15 is 0 Å². The number of carbonyl (C=O) groups excluding carboxylic acids is 2. The maximum absolute atomic E-state index is 12.2. The molecule has 1 N–H and O–H groups in total. The van der Waals surface area contributed by atoms with Crippen LogP contribution in [0.1, 0.15) is 29.6 Å². The molecule has 0 spiro atoms. The van der Waals surface area contributed by atoms with E-state index in [-0.39, 0.29) is 23.8 Å². The Morgan fingerprint density at radius 1 is 1.35 bits per heavy atom. The van der Waals surface area contributed by atoms with Crippen LogP contribution in [-0.2, 0) is 9.53 Å². The summed E-state index contributed by atoms with van der Waals surface area (Å²) in [6.07, 6.45) is 6.32. The number of rotatable bonds is 3. The highest BCUT2D eigenvalue weighted by Crippen LogP contribution is 2.48. The van der Waals surface area contributed by atoms with Crippen molar-refractivity contribution >= 4 is 11.9 Å². The Morgan fingerprint density at radius 2 is 2.15 bits per heavy atom. The molecule has 2 bridgehead atoms. The third kappa shape index (κ3) is 2.17. The third-order valence-electron chi connectivity index (χ3n) is 4.61. The topological polar surface area (TPSA) is 68.3 Å². The highest BCUT2D eigenvalue weighted by molar-refractivity contribution is 5.94. The molecule has 0 aliphatic heterocycles. The first-order valence-corrected chi connectivity index (χ1v) is 6.99. The van der Waals surface area contributed by atoms with Gasteiger partial charge in [-0.25, -0.2) is 0 Å². The van der Waals surface area contributed by atoms with E-state index < -0.39 is 0 Å². The quantitative estimate of drug-likeness (QED) is 0.846. The molecule has 0 radical (unpaired) electrons. The lowest BCUT2D eigenvalue weighted by Crippen LogP contribution is -2.47. The van der Waals surface area contributed by atoms with Gasteiger partial charge in [0.25, 0.3) is 5.91 Å². The Kier molecular flexibility index (Phi) is 3.42. The van der Waals surface area contributed by atoms with E-state index in [2.05, 4.69) is 10.3 Å². The number of carbonyl (C=O) groups is 2. The number of ether oxygens (including phenoxy) is 1. The largest absolute Gasteiger partial charge is 0.469 e. The number of fused-ring (bicyclic) bond motifs is 2. The van der Waals surface area contributed by atoms with Gasteiger partial charge in [-0.1, -0.05) is 0 Å². The van der Waals surface area contributed by atoms with Gasteiger partial charge in [-0.2, -0.15) is 0 Å². The molecule has 1 heterocycles. The molecule has 2 aliphatic carbocycles. The number of nitrogens with zero attached hydrogens (tertiary/aromatic N) is 1. The standard InChI is InChI=1S/C15H18N2O3/c1-20-15(19)12-9-4-5-10(7-9)13(12)17-14(18)11-3-2-6-16-8-11/h2-3,6,8-10,12-13H,4-5,7H2,1H3,(H,17,18). The minimum atomic E-state index is -0.200. The number of hydrogen-bond acceptors (Lipinski definition) is 4. The lowest BCUT2D eigenvalue weighted by molar-refractivity contribution is -0.148. The van der Waals surface area contributed by atoms with Crippen LogP contribution in [0.25, 0.3) is 0 Å². The average molecular weight is 274 g/mol. The van der Waals surface area contributed by atoms with Gasteiger partial charge in [0.1, 0.15) is 0 Å². The smallest absolute Gasteiger partial charge is 0.311 e. The van der Waals surface area contributed by atoms with Crippen molar-refractivity contribution in [1.29, 1.82) is 0 Å². The Bertz CT molecular complexity index is 517. The molecular weight excluding hydrogens is 256 g/mol. The van der Waals surface area contributed by atoms with Gasteiger partial charge in [0.05, 0.1) is 18.6 Å². The van der Waals surface area contributed by atoms with Crippen molar-refractivity contribution in [1.82, 2.24) is 10.3 Å². The van der Waals surface area contributed by atoms with E-state index in [0.717, 1.165) is 19.3 Å². The average Bonchev–Trinajstić information content (AvgIpc) is 3.08. The minimum Gasteiger partial charge on any atom is -0.469 e. The van der Waals surface area contributed by atoms with Crippen molar-refractivity contribution in [3.63, 3.8) is 0 Å². The molecule has 3 rings (SSSR count). The van der Waals surface area contributed by atoms with Crippen molar-refractivity contribution in [2.45, 2.75) is 25.3 Å². The van der Waals surface area contributed by atoms with Gasteiger partial charge in [-0.05, 0) is 43.2 Å². The van der Waals surface area contributed by atoms with Crippen LogP contribution < -0.4 is 5.32 Å². The molecule has 2 saturated carbocycles. The zero-order valence-corrected chi connectivity index (χ0v) is 11.4. The summed E-state index contributed by atoms with van der Waals surface area (Å²) in [6, 6.07) is 3.35. The SMILES string of the molecule is COC(=O)C1C2CCC(C2)C1NC(=O)c1cccnc1. The molecule has 1 aromatic rings. The summed E-state index contributed by atoms with van der Waals surface area (Å²) in [4.78, 5) is 28.1. The summed E-state index contributed by atoms with van der Waals surface area (Å²) in [7, 11) is 1.41. The molecule has 0 saturated heterocycles. The van der Waals surface area contributed by atoms with Gasteiger partial charge >= 0.3 is 5.97 Å². The number of pyridine rings is 1. The number of hydrogen-bond donors (Lipinski definition) is 1. The summed E-state index contributed by atoms with van der Waals surface area (Å²) >= 11 is 0. The van der Waals surface area contributed by atoms with Crippen LogP contribution in [0.4, 0.5) is 0 Å². The van der Waals surface area contributed by atoms with E-state index in [9.17, 15) is 9.59 Å². The summed E-state index contributed by atoms with van der Waals surface area (Å²) in [6.45, 7) is 0. The molecule has 1 amide bonds. The minimum absolute atomic E-state index is 0.103. The van der Waals surface area contributed by atoms with Gasteiger partial charge in [0.2, 0.25) is 0 Å². The Hall–Kier alpha value is -1.91. The van der Waals surface area contributed by atoms with E-state index in [1.165, 1.54) is 13.3 Å². The zero-order chi connectivity index (χ0) is 14.1. The second-order valence-electron chi connectivity index (χ2n) is 5.62. The molecular formula is C15H18N2O3. The fraction of sp³-hybridized carbons (Fsp3) is 0.533. The van der Waals surface area contributed by atoms with E-state index in [1.807, 2.05) is 0 Å². The van der Waals surface area contributed by atoms with Crippen molar-refractivity contribution < 1.29 is 14.3 Å². The first kappa shape index (κ1) is 13.1. The molecule has 0 aromatic carbocycles. The van der Waals surface area contributed by atoms with Gasteiger partial charge in [0.15, 0.2) is 0 Å². The molecule has 4 atom stereocenters. The molecule has 2 fully saturated rings. The van der Waals surface area contributed by atoms with Gasteiger partial charge in [-0.15, -0.1) is 0 Å². The van der Waals surface area contributed by atoms with Crippen LogP contribution in [0.3, 0.4) is 0 Å². The van der Waals surface area contributed by atoms with Crippen molar-refractivity contribution in [2.24, 2.45) is 17.8 Å². The summed E-state index contributed by atoms with van der Waals surface area (Å²) < 4.78 is 4.90. The van der Waals surface area contributed by atoms with Gasteiger partial charge in [0, 0.05) is 18.4 Å². The summed E-state index contributed by atoms with van der Waals surface area (Å²) in [5, 5.41) is 3.01. The predicted molar refractivity (Wildman–Crippen MR) is 71.8 cm³/mol. The van der Waals surface area contributed by atoms with Crippen LogP contribution in [0, 0.1) is 17.8 Å². The number of methoxy groups -OCH3 is 1. The predicted octanol–water partition coefficient (Wildman–Crippen LogP) is 1.40. The molecule has 5 nitrogen and oxygen atoms in total. The maximum atomic E-state index is 12.2. The van der Waals surface area contributed by atoms with Crippen molar-refractivity contribution in [2.75, 3.05) is 7.11 Å². The second kappa shape index (κ2) is 5.23. The van der Waals surface area contributed by atoms with Crippen LogP contribution in [0.15, 0.2) is 24.5 Å². The Labute approximate surface area is 117 Å². The number of nitrogens with one attached hydrogen (secondary N) is 1. The first-order valence-electron chi connectivity index (χ1n) is 6.99. The van der Waals surface area contributed by atoms with Crippen LogP contribution >= 0.6 is 0 Å². The highest BCUT2D eigenvalue weighted by Gasteiger charge is 2.52. The fourth-order valence-corrected chi connectivity index (χ4v) is 3.71. The maximum Gasteiger partial charge on any atom is 0.311 e. The van der Waals surface area contributed by atoms with Crippen molar-refractivity contribution in [3.05, 3.63) is 30.1 Å². The first-order chi connectivity index (χ1) is 9.70. The molecule has 1 aromatic heterocycles. The number of aromatic nitrogens is 1. The monoisotopic (exact) mass is 274 g/mol. The molecule has 5 heteroatoms. The number of amides is 1. The van der Waals surface area contributed by atoms with Crippen LogP contribution in [0.5, 0.6) is 0 Å². The summed E-state index contributed by atoms with van der Waals surface area (Å²) in [5.41, 5.74) is 0.527.